The van der Waals surface area contributed by atoms with Crippen molar-refractivity contribution in [2.24, 2.45) is 17.8 Å². The van der Waals surface area contributed by atoms with Gasteiger partial charge in [0.15, 0.2) is 0 Å². The van der Waals surface area contributed by atoms with Crippen LogP contribution in [0.25, 0.3) is 0 Å². The van der Waals surface area contributed by atoms with Crippen molar-refractivity contribution < 1.29 is 51.4 Å². The van der Waals surface area contributed by atoms with Crippen molar-refractivity contribution in [2.45, 2.75) is 115 Å². The van der Waals surface area contributed by atoms with Gasteiger partial charge in [0.1, 0.15) is 24.2 Å². The molecule has 352 valence electrons. The zero-order chi connectivity index (χ0) is 47.2. The van der Waals surface area contributed by atoms with Crippen LogP contribution in [0.2, 0.25) is 0 Å². The maximum atomic E-state index is 13.7. The third kappa shape index (κ3) is 11.2. The number of amides is 6. The monoisotopic (exact) mass is 907 g/mol. The summed E-state index contributed by atoms with van der Waals surface area (Å²) in [5, 5.41) is 11.1. The Balaban J connectivity index is 1.14. The van der Waals surface area contributed by atoms with Gasteiger partial charge < -0.3 is 45.4 Å². The summed E-state index contributed by atoms with van der Waals surface area (Å²) < 4.78 is 50.4. The minimum atomic E-state index is -4.50. The summed E-state index contributed by atoms with van der Waals surface area (Å²) in [6.07, 6.45) is 3.92. The number of halogens is 3. The van der Waals surface area contributed by atoms with E-state index in [1.807, 2.05) is 30.4 Å². The van der Waals surface area contributed by atoms with Crippen LogP contribution in [0.1, 0.15) is 89.8 Å². The summed E-state index contributed by atoms with van der Waals surface area (Å²) >= 11 is 0. The van der Waals surface area contributed by atoms with E-state index in [1.54, 1.807) is 39.8 Å². The molecule has 1 unspecified atom stereocenters. The molecule has 0 bridgehead atoms. The Labute approximate surface area is 377 Å². The average molecular weight is 908 g/mol. The molecule has 6 amide bonds. The second-order valence-electron chi connectivity index (χ2n) is 17.7. The number of carbonyl (C=O) groups excluding carboxylic acids is 6. The highest BCUT2D eigenvalue weighted by atomic mass is 19.4. The van der Waals surface area contributed by atoms with Gasteiger partial charge in [-0.3, -0.25) is 19.2 Å². The van der Waals surface area contributed by atoms with E-state index < -0.39 is 48.1 Å². The molecule has 6 rings (SSSR count). The molecule has 65 heavy (non-hydrogen) atoms. The van der Waals surface area contributed by atoms with E-state index in [1.165, 1.54) is 36.2 Å². The van der Waals surface area contributed by atoms with Crippen LogP contribution < -0.4 is 26.2 Å². The molecule has 3 aliphatic heterocycles. The Bertz CT molecular complexity index is 2130. The molecule has 0 saturated carbocycles. The fourth-order valence-electron chi connectivity index (χ4n) is 9.40. The molecule has 15 nitrogen and oxygen atoms in total. The van der Waals surface area contributed by atoms with E-state index in [0.717, 1.165) is 24.1 Å². The molecular formula is C47H60F3N7O8. The highest BCUT2D eigenvalue weighted by Gasteiger charge is 2.42. The lowest BCUT2D eigenvalue weighted by Crippen LogP contribution is -2.55. The number of rotatable bonds is 13. The SMILES string of the molecule is COC(=O)N[C@H](C(=O)N1CCC[C@H]1C(=O)NC1=CCC([C@H]2CC[C@H](c3ccc(NC(=O)[C@@H]4CCCN4C(=O)[C@@H](NC(=O)OC)C(C)C)cc3)N2c2ccc(C(F)(F)F)cc2)C=C1)C(C)C. The molecular weight excluding hydrogens is 848 g/mol. The molecule has 4 aliphatic rings. The van der Waals surface area contributed by atoms with E-state index in [0.29, 0.717) is 68.7 Å². The number of hydrogen-bond donors (Lipinski definition) is 4. The summed E-state index contributed by atoms with van der Waals surface area (Å²) in [7, 11) is 2.44. The lowest BCUT2D eigenvalue weighted by molar-refractivity contribution is -0.140. The Morgan fingerprint density at radius 3 is 1.68 bits per heavy atom. The number of nitrogens with one attached hydrogen (secondary N) is 4. The van der Waals surface area contributed by atoms with Crippen molar-refractivity contribution in [1.82, 2.24) is 25.8 Å². The predicted octanol–water partition coefficient (Wildman–Crippen LogP) is 6.67. The van der Waals surface area contributed by atoms with Crippen molar-refractivity contribution in [3.63, 3.8) is 0 Å². The Morgan fingerprint density at radius 1 is 0.692 bits per heavy atom. The summed E-state index contributed by atoms with van der Waals surface area (Å²) in [5.41, 5.74) is 1.86. The second-order valence-corrected chi connectivity index (χ2v) is 17.7. The standard InChI is InChI=1S/C47H60F3N7O8/c1-27(2)39(53-45(62)64-5)43(60)55-25-7-9-37(55)41(58)51-32-17-11-29(12-18-32)35-23-24-36(57(35)34-21-15-31(16-22-34)47(48,49)50)30-13-19-33(20-14-30)52-42(59)38-10-8-26-56(38)44(61)40(28(3)4)54-46(63)65-6/h11-13,15-22,27-28,30,35-40H,7-10,14,23-26H2,1-6H3,(H,51,58)(H,52,59)(H,53,62)(H,54,63)/t30?,35-,36-,37+,38+,39+,40+/m1/s1. The molecule has 2 aromatic carbocycles. The zero-order valence-electron chi connectivity index (χ0n) is 37.7. The number of allylic oxidation sites excluding steroid dienone is 2. The Hall–Kier alpha value is -6.07. The summed E-state index contributed by atoms with van der Waals surface area (Å²) in [6.45, 7) is 7.94. The number of benzene rings is 2. The number of hydrogen-bond acceptors (Lipinski definition) is 9. The van der Waals surface area contributed by atoms with Gasteiger partial charge >= 0.3 is 18.4 Å². The molecule has 0 radical (unpaired) electrons. The van der Waals surface area contributed by atoms with Gasteiger partial charge in [-0.15, -0.1) is 0 Å². The van der Waals surface area contributed by atoms with Crippen molar-refractivity contribution in [1.29, 1.82) is 0 Å². The van der Waals surface area contributed by atoms with Gasteiger partial charge in [-0.05, 0) is 105 Å². The van der Waals surface area contributed by atoms with Crippen LogP contribution >= 0.6 is 0 Å². The zero-order valence-corrected chi connectivity index (χ0v) is 37.7. The van der Waals surface area contributed by atoms with Gasteiger partial charge in [0.25, 0.3) is 0 Å². The number of carbonyl (C=O) groups is 6. The van der Waals surface area contributed by atoms with Crippen molar-refractivity contribution in [3.8, 4) is 0 Å². The van der Waals surface area contributed by atoms with Crippen LogP contribution in [0, 0.1) is 17.8 Å². The minimum absolute atomic E-state index is 0.0579. The highest BCUT2D eigenvalue weighted by Crippen LogP contribution is 2.45. The first-order valence-corrected chi connectivity index (χ1v) is 22.3. The minimum Gasteiger partial charge on any atom is -0.453 e. The smallest absolute Gasteiger partial charge is 0.416 e. The van der Waals surface area contributed by atoms with Crippen LogP contribution in [-0.4, -0.2) is 103 Å². The molecule has 3 heterocycles. The first-order valence-electron chi connectivity index (χ1n) is 22.3. The molecule has 4 N–H and O–H groups in total. The maximum Gasteiger partial charge on any atom is 0.416 e. The van der Waals surface area contributed by atoms with Crippen LogP contribution in [-0.2, 0) is 34.8 Å². The number of likely N-dealkylation sites (tertiary alicyclic amines) is 2. The van der Waals surface area contributed by atoms with E-state index in [9.17, 15) is 41.9 Å². The normalized spacial score (nSPS) is 22.9. The van der Waals surface area contributed by atoms with E-state index in [2.05, 4.69) is 26.2 Å². The predicted molar refractivity (Wildman–Crippen MR) is 236 cm³/mol. The molecule has 3 saturated heterocycles. The number of ether oxygens (including phenoxy) is 2. The number of nitrogens with zero attached hydrogens (tertiary/aromatic N) is 3. The van der Waals surface area contributed by atoms with Crippen LogP contribution in [0.5, 0.6) is 0 Å². The molecule has 7 atom stereocenters. The summed E-state index contributed by atoms with van der Waals surface area (Å²) in [5.74, 6) is -1.96. The average Bonchev–Trinajstić information content (AvgIpc) is 4.08. The Morgan fingerprint density at radius 2 is 1.22 bits per heavy atom. The number of alkyl carbamates (subject to hydrolysis) is 2. The van der Waals surface area contributed by atoms with Crippen molar-refractivity contribution in [2.75, 3.05) is 37.5 Å². The van der Waals surface area contributed by atoms with Gasteiger partial charge in [0, 0.05) is 42.1 Å². The van der Waals surface area contributed by atoms with Crippen molar-refractivity contribution >= 4 is 47.2 Å². The quantitative estimate of drug-likeness (QED) is 0.171. The van der Waals surface area contributed by atoms with Gasteiger partial charge in [0.2, 0.25) is 23.6 Å². The highest BCUT2D eigenvalue weighted by molar-refractivity contribution is 5.99. The van der Waals surface area contributed by atoms with E-state index in [-0.39, 0.29) is 53.5 Å². The fraction of sp³-hybridized carbons (Fsp3) is 0.532. The first kappa shape index (κ1) is 48.4. The van der Waals surface area contributed by atoms with E-state index >= 15 is 0 Å². The second kappa shape index (κ2) is 20.8. The summed E-state index contributed by atoms with van der Waals surface area (Å²) in [6, 6.07) is 8.98. The van der Waals surface area contributed by atoms with Gasteiger partial charge in [-0.1, -0.05) is 52.0 Å². The number of alkyl halides is 3. The lowest BCUT2D eigenvalue weighted by Gasteiger charge is -2.37. The molecule has 2 aromatic rings. The van der Waals surface area contributed by atoms with Gasteiger partial charge in [0.05, 0.1) is 25.8 Å². The fourth-order valence-corrected chi connectivity index (χ4v) is 9.40. The first-order chi connectivity index (χ1) is 30.9. The van der Waals surface area contributed by atoms with Gasteiger partial charge in [-0.25, -0.2) is 9.59 Å². The number of anilines is 2. The topological polar surface area (TPSA) is 179 Å². The molecule has 0 spiro atoms. The largest absolute Gasteiger partial charge is 0.453 e. The van der Waals surface area contributed by atoms with Crippen LogP contribution in [0.3, 0.4) is 0 Å². The Kier molecular flexibility index (Phi) is 15.5. The third-order valence-electron chi connectivity index (χ3n) is 12.8. The van der Waals surface area contributed by atoms with Gasteiger partial charge in [-0.2, -0.15) is 13.2 Å². The van der Waals surface area contributed by atoms with Crippen LogP contribution in [0.4, 0.5) is 34.1 Å². The van der Waals surface area contributed by atoms with Crippen LogP contribution in [0.15, 0.2) is 72.5 Å². The lowest BCUT2D eigenvalue weighted by atomic mass is 9.90. The maximum absolute atomic E-state index is 13.7. The molecule has 18 heteroatoms. The summed E-state index contributed by atoms with van der Waals surface area (Å²) in [4.78, 5) is 83.4. The molecule has 1 aliphatic carbocycles. The number of methoxy groups -OCH3 is 2. The molecule has 0 aromatic heterocycles. The third-order valence-corrected chi connectivity index (χ3v) is 12.8. The van der Waals surface area contributed by atoms with Crippen molar-refractivity contribution in [3.05, 3.63) is 83.6 Å². The van der Waals surface area contributed by atoms with E-state index in [4.69, 9.17) is 9.47 Å². The molecule has 3 fully saturated rings.